The molecule has 31 heavy (non-hydrogen) atoms. The second-order valence-electron chi connectivity index (χ2n) is 7.65. The Bertz CT molecular complexity index is 668. The zero-order chi connectivity index (χ0) is 21.9. The Morgan fingerprint density at radius 1 is 0.871 bits per heavy atom. The summed E-state index contributed by atoms with van der Waals surface area (Å²) in [5.41, 5.74) is 0.597. The molecule has 2 heterocycles. The third-order valence-corrected chi connectivity index (χ3v) is 5.31. The van der Waals surface area contributed by atoms with E-state index < -0.39 is 0 Å². The van der Waals surface area contributed by atoms with Gasteiger partial charge in [-0.3, -0.25) is 9.59 Å². The zero-order valence-electron chi connectivity index (χ0n) is 17.7. The van der Waals surface area contributed by atoms with Crippen molar-refractivity contribution in [3.8, 4) is 0 Å². The summed E-state index contributed by atoms with van der Waals surface area (Å²) in [7, 11) is 0. The Balaban J connectivity index is 1.31. The Labute approximate surface area is 187 Å². The minimum atomic E-state index is -0.288. The highest BCUT2D eigenvalue weighted by Gasteiger charge is 2.22. The smallest absolute Gasteiger partial charge is 0.252 e. The van der Waals surface area contributed by atoms with Crippen molar-refractivity contribution < 1.29 is 28.5 Å². The van der Waals surface area contributed by atoms with Crippen LogP contribution in [0.3, 0.4) is 0 Å². The van der Waals surface area contributed by atoms with Gasteiger partial charge in [0.05, 0.1) is 42.6 Å². The highest BCUT2D eigenvalue weighted by molar-refractivity contribution is 6.36. The highest BCUT2D eigenvalue weighted by atomic mass is 35.5. The first kappa shape index (κ1) is 23.9. The molecule has 0 spiro atoms. The van der Waals surface area contributed by atoms with Crippen LogP contribution in [-0.4, -0.2) is 76.8 Å². The highest BCUT2D eigenvalue weighted by Crippen LogP contribution is 2.21. The Hall–Kier alpha value is -1.71. The molecule has 2 fully saturated rings. The number of amides is 2. The summed E-state index contributed by atoms with van der Waals surface area (Å²) in [5.74, 6) is -0.576. The second-order valence-corrected chi connectivity index (χ2v) is 8.03. The van der Waals surface area contributed by atoms with Crippen LogP contribution >= 0.6 is 11.6 Å². The molecule has 0 aromatic heterocycles. The van der Waals surface area contributed by atoms with Gasteiger partial charge >= 0.3 is 0 Å². The van der Waals surface area contributed by atoms with E-state index >= 15 is 0 Å². The van der Waals surface area contributed by atoms with Crippen molar-refractivity contribution in [2.75, 3.05) is 52.7 Å². The maximum absolute atomic E-state index is 12.4. The number of hydrogen-bond acceptors (Lipinski definition) is 6. The molecule has 0 saturated carbocycles. The molecule has 1 aromatic carbocycles. The number of halogens is 1. The van der Waals surface area contributed by atoms with Crippen LogP contribution in [0, 0.1) is 0 Å². The third-order valence-electron chi connectivity index (χ3n) is 4.90. The molecule has 9 heteroatoms. The maximum Gasteiger partial charge on any atom is 0.252 e. The van der Waals surface area contributed by atoms with Crippen LogP contribution < -0.4 is 10.6 Å². The van der Waals surface area contributed by atoms with Crippen LogP contribution in [0.5, 0.6) is 0 Å². The SMILES string of the molecule is O=C(NCCCCOCC1CO1)c1cccc(C(=O)NCCCCOCC2CO2)c1Cl. The van der Waals surface area contributed by atoms with Crippen LogP contribution in [0.25, 0.3) is 0 Å². The number of carbonyl (C=O) groups is 2. The van der Waals surface area contributed by atoms with E-state index in [1.54, 1.807) is 18.2 Å². The Morgan fingerprint density at radius 3 is 1.74 bits per heavy atom. The van der Waals surface area contributed by atoms with Gasteiger partial charge in [0.1, 0.15) is 12.2 Å². The van der Waals surface area contributed by atoms with E-state index in [1.807, 2.05) is 0 Å². The molecule has 2 N–H and O–H groups in total. The summed E-state index contributed by atoms with van der Waals surface area (Å²) < 4.78 is 21.1. The lowest BCUT2D eigenvalue weighted by Gasteiger charge is -2.11. The summed E-state index contributed by atoms with van der Waals surface area (Å²) in [6, 6.07) is 4.90. The summed E-state index contributed by atoms with van der Waals surface area (Å²) >= 11 is 6.35. The molecule has 2 unspecified atom stereocenters. The van der Waals surface area contributed by atoms with E-state index in [0.717, 1.165) is 38.9 Å². The molecule has 2 aliphatic rings. The lowest BCUT2D eigenvalue weighted by atomic mass is 10.1. The molecule has 2 saturated heterocycles. The molecule has 8 nitrogen and oxygen atoms in total. The third kappa shape index (κ3) is 9.13. The monoisotopic (exact) mass is 454 g/mol. The van der Waals surface area contributed by atoms with Gasteiger partial charge < -0.3 is 29.6 Å². The minimum Gasteiger partial charge on any atom is -0.379 e. The number of rotatable bonds is 16. The molecule has 172 valence electrons. The van der Waals surface area contributed by atoms with Crippen molar-refractivity contribution in [2.24, 2.45) is 0 Å². The summed E-state index contributed by atoms with van der Waals surface area (Å²) in [4.78, 5) is 24.9. The van der Waals surface area contributed by atoms with Crippen LogP contribution in [0.1, 0.15) is 46.4 Å². The predicted octanol–water partition coefficient (Wildman–Crippen LogP) is 2.19. The number of epoxide rings is 2. The average Bonchev–Trinajstić information content (AvgIpc) is 3.67. The van der Waals surface area contributed by atoms with E-state index in [1.165, 1.54) is 0 Å². The predicted molar refractivity (Wildman–Crippen MR) is 116 cm³/mol. The molecule has 0 bridgehead atoms. The largest absolute Gasteiger partial charge is 0.379 e. The molecule has 2 aliphatic heterocycles. The number of unbranched alkanes of at least 4 members (excludes halogenated alkanes) is 2. The first-order chi connectivity index (χ1) is 15.1. The van der Waals surface area contributed by atoms with Gasteiger partial charge in [-0.25, -0.2) is 0 Å². The quantitative estimate of drug-likeness (QED) is 0.293. The molecular formula is C22H31ClN2O6. The van der Waals surface area contributed by atoms with Crippen molar-refractivity contribution in [2.45, 2.75) is 37.9 Å². The summed E-state index contributed by atoms with van der Waals surface area (Å²) in [5, 5.41) is 5.85. The standard InChI is InChI=1S/C22H31ClN2O6/c23-20-18(21(26)24-8-1-3-10-28-12-16-14-30-16)6-5-7-19(20)22(27)25-9-2-4-11-29-13-17-15-31-17/h5-7,16-17H,1-4,8-15H2,(H,24,26)(H,25,27). The van der Waals surface area contributed by atoms with Gasteiger partial charge in [-0.2, -0.15) is 0 Å². The fourth-order valence-electron chi connectivity index (χ4n) is 2.89. The maximum atomic E-state index is 12.4. The number of carbonyl (C=O) groups excluding carboxylic acids is 2. The Kier molecular flexibility index (Phi) is 10.0. The normalized spacial score (nSPS) is 19.1. The molecule has 0 aliphatic carbocycles. The number of nitrogens with one attached hydrogen (secondary N) is 2. The van der Waals surface area contributed by atoms with Crippen LogP contribution in [0.2, 0.25) is 5.02 Å². The first-order valence-corrected chi connectivity index (χ1v) is 11.3. The van der Waals surface area contributed by atoms with E-state index in [4.69, 9.17) is 30.5 Å². The van der Waals surface area contributed by atoms with Gasteiger partial charge in [0.2, 0.25) is 0 Å². The van der Waals surface area contributed by atoms with Crippen LogP contribution in [-0.2, 0) is 18.9 Å². The zero-order valence-corrected chi connectivity index (χ0v) is 18.5. The number of ether oxygens (including phenoxy) is 4. The van der Waals surface area contributed by atoms with E-state index in [2.05, 4.69) is 10.6 Å². The lowest BCUT2D eigenvalue weighted by Crippen LogP contribution is -2.27. The second kappa shape index (κ2) is 13.0. The molecule has 0 radical (unpaired) electrons. The van der Waals surface area contributed by atoms with E-state index in [-0.39, 0.29) is 29.0 Å². The first-order valence-electron chi connectivity index (χ1n) is 10.9. The number of hydrogen-bond donors (Lipinski definition) is 2. The van der Waals surface area contributed by atoms with E-state index in [9.17, 15) is 9.59 Å². The molecule has 3 rings (SSSR count). The van der Waals surface area contributed by atoms with Crippen molar-refractivity contribution in [3.05, 3.63) is 34.3 Å². The Morgan fingerprint density at radius 2 is 1.32 bits per heavy atom. The van der Waals surface area contributed by atoms with Crippen molar-refractivity contribution >= 4 is 23.4 Å². The van der Waals surface area contributed by atoms with Crippen molar-refractivity contribution in [1.29, 1.82) is 0 Å². The van der Waals surface area contributed by atoms with E-state index in [0.29, 0.717) is 50.6 Å². The van der Waals surface area contributed by atoms with Crippen molar-refractivity contribution in [3.63, 3.8) is 0 Å². The molecular weight excluding hydrogens is 424 g/mol. The van der Waals surface area contributed by atoms with Gasteiger partial charge in [-0.1, -0.05) is 17.7 Å². The molecule has 2 amide bonds. The van der Waals surface area contributed by atoms with Gasteiger partial charge in [0.25, 0.3) is 11.8 Å². The fraction of sp³-hybridized carbons (Fsp3) is 0.636. The van der Waals surface area contributed by atoms with Gasteiger partial charge in [0.15, 0.2) is 0 Å². The summed E-state index contributed by atoms with van der Waals surface area (Å²) in [6.45, 7) is 5.19. The lowest BCUT2D eigenvalue weighted by molar-refractivity contribution is 0.0945. The topological polar surface area (TPSA) is 102 Å². The van der Waals surface area contributed by atoms with Crippen LogP contribution in [0.4, 0.5) is 0 Å². The van der Waals surface area contributed by atoms with Gasteiger partial charge in [-0.05, 0) is 37.8 Å². The van der Waals surface area contributed by atoms with Gasteiger partial charge in [0, 0.05) is 26.3 Å². The van der Waals surface area contributed by atoms with Gasteiger partial charge in [-0.15, -0.1) is 0 Å². The number of benzene rings is 1. The fourth-order valence-corrected chi connectivity index (χ4v) is 3.19. The van der Waals surface area contributed by atoms with Crippen molar-refractivity contribution in [1.82, 2.24) is 10.6 Å². The molecule has 2 atom stereocenters. The summed E-state index contributed by atoms with van der Waals surface area (Å²) in [6.07, 6.45) is 3.84. The molecule has 1 aromatic rings. The minimum absolute atomic E-state index is 0.165. The average molecular weight is 455 g/mol. The van der Waals surface area contributed by atoms with Crippen LogP contribution in [0.15, 0.2) is 18.2 Å².